The normalized spacial score (nSPS) is 10.7. The van der Waals surface area contributed by atoms with E-state index in [0.717, 1.165) is 12.1 Å². The van der Waals surface area contributed by atoms with E-state index in [1.165, 1.54) is 0 Å². The number of nitrogens with zero attached hydrogens (tertiary/aromatic N) is 1. The average molecular weight is 309 g/mol. The van der Waals surface area contributed by atoms with Gasteiger partial charge in [-0.25, -0.2) is 0 Å². The highest BCUT2D eigenvalue weighted by atomic mass is 32.1. The van der Waals surface area contributed by atoms with E-state index in [9.17, 15) is 4.79 Å². The van der Waals surface area contributed by atoms with Crippen molar-refractivity contribution in [1.29, 1.82) is 0 Å². The van der Waals surface area contributed by atoms with E-state index in [1.807, 2.05) is 7.05 Å². The Balaban J connectivity index is 2.28. The minimum absolute atomic E-state index is 0.00217. The van der Waals surface area contributed by atoms with E-state index in [-0.39, 0.29) is 12.5 Å². The van der Waals surface area contributed by atoms with Crippen molar-refractivity contribution in [3.8, 4) is 5.75 Å². The maximum Gasteiger partial charge on any atom is 0.257 e. The summed E-state index contributed by atoms with van der Waals surface area (Å²) in [6.07, 6.45) is 0. The van der Waals surface area contributed by atoms with Gasteiger partial charge in [0.05, 0.1) is 0 Å². The summed E-state index contributed by atoms with van der Waals surface area (Å²) < 4.78 is 5.40. The Bertz CT molecular complexity index is 474. The third-order valence-corrected chi connectivity index (χ3v) is 3.41. The van der Waals surface area contributed by atoms with E-state index >= 15 is 0 Å². The van der Waals surface area contributed by atoms with E-state index in [1.54, 1.807) is 24.3 Å². The van der Waals surface area contributed by atoms with Crippen molar-refractivity contribution in [3.05, 3.63) is 29.8 Å². The SMILES string of the molecule is CC(C)N(C)CCNC(=O)COc1ccc(C(N)=S)cc1. The van der Waals surface area contributed by atoms with Gasteiger partial charge in [-0.05, 0) is 45.2 Å². The highest BCUT2D eigenvalue weighted by molar-refractivity contribution is 7.80. The quantitative estimate of drug-likeness (QED) is 0.705. The Morgan fingerprint density at radius 2 is 2.00 bits per heavy atom. The second-order valence-corrected chi connectivity index (χ2v) is 5.54. The first-order valence-electron chi connectivity index (χ1n) is 6.89. The first-order valence-corrected chi connectivity index (χ1v) is 7.30. The molecule has 0 aromatic heterocycles. The second kappa shape index (κ2) is 8.59. The maximum atomic E-state index is 11.6. The number of hydrogen-bond donors (Lipinski definition) is 2. The summed E-state index contributed by atoms with van der Waals surface area (Å²) in [5, 5.41) is 2.82. The van der Waals surface area contributed by atoms with Gasteiger partial charge in [0.1, 0.15) is 10.7 Å². The van der Waals surface area contributed by atoms with Crippen molar-refractivity contribution in [2.75, 3.05) is 26.7 Å². The first-order chi connectivity index (χ1) is 9.90. The maximum absolute atomic E-state index is 11.6. The molecule has 0 saturated carbocycles. The summed E-state index contributed by atoms with van der Waals surface area (Å²) >= 11 is 4.87. The topological polar surface area (TPSA) is 67.6 Å². The molecule has 0 aliphatic heterocycles. The van der Waals surface area contributed by atoms with Crippen LogP contribution in [0.1, 0.15) is 19.4 Å². The second-order valence-electron chi connectivity index (χ2n) is 5.10. The zero-order chi connectivity index (χ0) is 15.8. The molecule has 0 unspecified atom stereocenters. The van der Waals surface area contributed by atoms with E-state index in [0.29, 0.717) is 23.3 Å². The number of nitrogens with one attached hydrogen (secondary N) is 1. The van der Waals surface area contributed by atoms with Crippen LogP contribution < -0.4 is 15.8 Å². The number of amides is 1. The summed E-state index contributed by atoms with van der Waals surface area (Å²) in [5.41, 5.74) is 6.29. The summed E-state index contributed by atoms with van der Waals surface area (Å²) in [6, 6.07) is 7.49. The van der Waals surface area contributed by atoms with E-state index in [2.05, 4.69) is 24.1 Å². The number of benzene rings is 1. The minimum atomic E-state index is -0.134. The fraction of sp³-hybridized carbons (Fsp3) is 0.467. The van der Waals surface area contributed by atoms with Crippen LogP contribution in [0, 0.1) is 0 Å². The number of hydrogen-bond acceptors (Lipinski definition) is 4. The molecular weight excluding hydrogens is 286 g/mol. The molecule has 0 saturated heterocycles. The molecule has 1 amide bonds. The van der Waals surface area contributed by atoms with Crippen LogP contribution in [0.3, 0.4) is 0 Å². The van der Waals surface area contributed by atoms with E-state index in [4.69, 9.17) is 22.7 Å². The van der Waals surface area contributed by atoms with Crippen LogP contribution in [0.25, 0.3) is 0 Å². The summed E-state index contributed by atoms with van der Waals surface area (Å²) in [6.45, 7) is 5.64. The molecule has 0 bridgehead atoms. The summed E-state index contributed by atoms with van der Waals surface area (Å²) in [7, 11) is 2.02. The zero-order valence-corrected chi connectivity index (χ0v) is 13.6. The molecule has 0 aliphatic carbocycles. The minimum Gasteiger partial charge on any atom is -0.484 e. The summed E-state index contributed by atoms with van der Waals surface area (Å²) in [4.78, 5) is 14.2. The number of ether oxygens (including phenoxy) is 1. The lowest BCUT2D eigenvalue weighted by molar-refractivity contribution is -0.123. The van der Waals surface area contributed by atoms with Gasteiger partial charge in [-0.15, -0.1) is 0 Å². The van der Waals surface area contributed by atoms with Crippen molar-refractivity contribution in [2.45, 2.75) is 19.9 Å². The monoisotopic (exact) mass is 309 g/mol. The fourth-order valence-corrected chi connectivity index (χ4v) is 1.68. The van der Waals surface area contributed by atoms with Gasteiger partial charge < -0.3 is 20.7 Å². The molecule has 1 rings (SSSR count). The van der Waals surface area contributed by atoms with Crippen LogP contribution in [-0.4, -0.2) is 48.6 Å². The Labute approximate surface area is 131 Å². The van der Waals surface area contributed by atoms with Crippen molar-refractivity contribution in [2.24, 2.45) is 5.73 Å². The Morgan fingerprint density at radius 3 is 2.52 bits per heavy atom. The van der Waals surface area contributed by atoms with Crippen LogP contribution in [0.15, 0.2) is 24.3 Å². The molecule has 3 N–H and O–H groups in total. The van der Waals surface area contributed by atoms with Crippen molar-refractivity contribution < 1.29 is 9.53 Å². The number of nitrogens with two attached hydrogens (primary N) is 1. The predicted octanol–water partition coefficient (Wildman–Crippen LogP) is 1.16. The third-order valence-electron chi connectivity index (χ3n) is 3.18. The lowest BCUT2D eigenvalue weighted by Crippen LogP contribution is -2.37. The molecule has 0 atom stereocenters. The van der Waals surface area contributed by atoms with Crippen molar-refractivity contribution >= 4 is 23.1 Å². The molecule has 0 fully saturated rings. The Morgan fingerprint density at radius 1 is 1.38 bits per heavy atom. The van der Waals surface area contributed by atoms with Crippen molar-refractivity contribution in [3.63, 3.8) is 0 Å². The highest BCUT2D eigenvalue weighted by Gasteiger charge is 2.05. The van der Waals surface area contributed by atoms with Crippen molar-refractivity contribution in [1.82, 2.24) is 10.2 Å². The smallest absolute Gasteiger partial charge is 0.257 e. The highest BCUT2D eigenvalue weighted by Crippen LogP contribution is 2.11. The van der Waals surface area contributed by atoms with Gasteiger partial charge in [-0.1, -0.05) is 12.2 Å². The fourth-order valence-electron chi connectivity index (χ4n) is 1.55. The molecule has 1 aromatic rings. The molecule has 1 aromatic carbocycles. The molecule has 6 heteroatoms. The van der Waals surface area contributed by atoms with Crippen LogP contribution >= 0.6 is 12.2 Å². The van der Waals surface area contributed by atoms with Crippen LogP contribution in [0.4, 0.5) is 0 Å². The van der Waals surface area contributed by atoms with Gasteiger partial charge in [0.2, 0.25) is 0 Å². The molecule has 21 heavy (non-hydrogen) atoms. The molecule has 0 spiro atoms. The average Bonchev–Trinajstić information content (AvgIpc) is 2.45. The molecule has 0 radical (unpaired) electrons. The number of rotatable bonds is 8. The molecule has 0 aliphatic rings. The number of likely N-dealkylation sites (N-methyl/N-ethyl adjacent to an activating group) is 1. The van der Waals surface area contributed by atoms with Gasteiger partial charge in [0, 0.05) is 24.7 Å². The Kier molecular flexibility index (Phi) is 7.11. The van der Waals surface area contributed by atoms with E-state index < -0.39 is 0 Å². The van der Waals surface area contributed by atoms with Gasteiger partial charge in [-0.3, -0.25) is 4.79 Å². The lowest BCUT2D eigenvalue weighted by Gasteiger charge is -2.20. The molecule has 5 nitrogen and oxygen atoms in total. The predicted molar refractivity (Wildman–Crippen MR) is 88.6 cm³/mol. The largest absolute Gasteiger partial charge is 0.484 e. The van der Waals surface area contributed by atoms with Gasteiger partial charge in [-0.2, -0.15) is 0 Å². The summed E-state index contributed by atoms with van der Waals surface area (Å²) in [5.74, 6) is 0.482. The zero-order valence-electron chi connectivity index (χ0n) is 12.8. The number of carbonyl (C=O) groups excluding carboxylic acids is 1. The van der Waals surface area contributed by atoms with Gasteiger partial charge >= 0.3 is 0 Å². The lowest BCUT2D eigenvalue weighted by atomic mass is 10.2. The van der Waals surface area contributed by atoms with Gasteiger partial charge in [0.25, 0.3) is 5.91 Å². The molecular formula is C15H23N3O2S. The standard InChI is InChI=1S/C15H23N3O2S/c1-11(2)18(3)9-8-17-14(19)10-20-13-6-4-12(5-7-13)15(16)21/h4-7,11H,8-10H2,1-3H3,(H2,16,21)(H,17,19). The first kappa shape index (κ1) is 17.4. The van der Waals surface area contributed by atoms with Crippen LogP contribution in [-0.2, 0) is 4.79 Å². The van der Waals surface area contributed by atoms with Gasteiger partial charge in [0.15, 0.2) is 6.61 Å². The number of carbonyl (C=O) groups is 1. The van der Waals surface area contributed by atoms with Crippen LogP contribution in [0.5, 0.6) is 5.75 Å². The van der Waals surface area contributed by atoms with Crippen LogP contribution in [0.2, 0.25) is 0 Å². The Hall–Kier alpha value is -1.66. The molecule has 116 valence electrons. The number of thiocarbonyl (C=S) groups is 1. The molecule has 0 heterocycles. The third kappa shape index (κ3) is 6.55.